The van der Waals surface area contributed by atoms with Crippen LogP contribution in [0, 0.1) is 0 Å². The van der Waals surface area contributed by atoms with Gasteiger partial charge in [0, 0.05) is 22.0 Å². The van der Waals surface area contributed by atoms with Crippen molar-refractivity contribution in [2.45, 2.75) is 13.0 Å². The molecule has 2 heterocycles. The van der Waals surface area contributed by atoms with Crippen molar-refractivity contribution in [1.29, 1.82) is 0 Å². The molecule has 8 heteroatoms. The number of nitrogens with one attached hydrogen (secondary N) is 1. The molecule has 2 aromatic heterocycles. The molecule has 0 spiro atoms. The lowest BCUT2D eigenvalue weighted by atomic mass is 10.1. The van der Waals surface area contributed by atoms with Gasteiger partial charge < -0.3 is 9.15 Å². The van der Waals surface area contributed by atoms with Gasteiger partial charge in [-0.05, 0) is 57.9 Å². The Labute approximate surface area is 190 Å². The highest BCUT2D eigenvalue weighted by molar-refractivity contribution is 9.10. The number of para-hydroxylation sites is 1. The van der Waals surface area contributed by atoms with Gasteiger partial charge in [0.15, 0.2) is 10.9 Å². The van der Waals surface area contributed by atoms with Crippen molar-refractivity contribution in [3.8, 4) is 5.75 Å². The SMILES string of the molecule is O=C(Nc1ncc(Cc2ccc(Br)c(Cl)c2)s1)c1ccc(COc2ccccc2)o1. The first kappa shape index (κ1) is 20.7. The molecule has 2 aromatic carbocycles. The van der Waals surface area contributed by atoms with Crippen molar-refractivity contribution < 1.29 is 13.9 Å². The summed E-state index contributed by atoms with van der Waals surface area (Å²) in [4.78, 5) is 17.7. The number of nitrogens with zero attached hydrogens (tertiary/aromatic N) is 1. The predicted molar refractivity (Wildman–Crippen MR) is 122 cm³/mol. The maximum absolute atomic E-state index is 12.4. The molecular formula is C22H16BrClN2O3S. The van der Waals surface area contributed by atoms with Gasteiger partial charge in [-0.2, -0.15) is 0 Å². The minimum atomic E-state index is -0.353. The Hall–Kier alpha value is -2.61. The maximum Gasteiger partial charge on any atom is 0.293 e. The van der Waals surface area contributed by atoms with Gasteiger partial charge >= 0.3 is 0 Å². The van der Waals surface area contributed by atoms with E-state index in [4.69, 9.17) is 20.8 Å². The first-order valence-electron chi connectivity index (χ1n) is 9.03. The largest absolute Gasteiger partial charge is 0.486 e. The van der Waals surface area contributed by atoms with Crippen molar-refractivity contribution in [3.63, 3.8) is 0 Å². The van der Waals surface area contributed by atoms with Crippen LogP contribution in [0.25, 0.3) is 0 Å². The number of ether oxygens (including phenoxy) is 1. The maximum atomic E-state index is 12.4. The average molecular weight is 504 g/mol. The smallest absolute Gasteiger partial charge is 0.293 e. The molecule has 0 bridgehead atoms. The quantitative estimate of drug-likeness (QED) is 0.310. The van der Waals surface area contributed by atoms with Gasteiger partial charge in [-0.25, -0.2) is 4.98 Å². The normalized spacial score (nSPS) is 10.7. The molecule has 0 saturated carbocycles. The Morgan fingerprint density at radius 3 is 2.80 bits per heavy atom. The van der Waals surface area contributed by atoms with Crippen molar-refractivity contribution in [1.82, 2.24) is 4.98 Å². The zero-order chi connectivity index (χ0) is 20.9. The predicted octanol–water partition coefficient (Wildman–Crippen LogP) is 6.57. The number of carbonyl (C=O) groups excluding carboxylic acids is 1. The van der Waals surface area contributed by atoms with Crippen LogP contribution in [0.5, 0.6) is 5.75 Å². The molecule has 5 nitrogen and oxygen atoms in total. The molecular weight excluding hydrogens is 488 g/mol. The van der Waals surface area contributed by atoms with Crippen LogP contribution >= 0.6 is 38.9 Å². The number of benzene rings is 2. The summed E-state index contributed by atoms with van der Waals surface area (Å²) in [5, 5.41) is 3.95. The number of aromatic nitrogens is 1. The number of anilines is 1. The molecule has 4 aromatic rings. The molecule has 0 aliphatic heterocycles. The lowest BCUT2D eigenvalue weighted by Gasteiger charge is -2.03. The third-order valence-corrected chi connectivity index (χ3v) is 6.29. The van der Waals surface area contributed by atoms with E-state index in [1.165, 1.54) is 11.3 Å². The van der Waals surface area contributed by atoms with Gasteiger partial charge in [-0.1, -0.05) is 35.9 Å². The highest BCUT2D eigenvalue weighted by atomic mass is 79.9. The first-order chi connectivity index (χ1) is 14.6. The van der Waals surface area contributed by atoms with Crippen LogP contribution < -0.4 is 10.1 Å². The summed E-state index contributed by atoms with van der Waals surface area (Å²) >= 11 is 10.9. The molecule has 1 amide bonds. The summed E-state index contributed by atoms with van der Waals surface area (Å²) in [7, 11) is 0. The number of furan rings is 1. The molecule has 30 heavy (non-hydrogen) atoms. The van der Waals surface area contributed by atoms with Crippen molar-refractivity contribution in [3.05, 3.63) is 98.3 Å². The van der Waals surface area contributed by atoms with E-state index >= 15 is 0 Å². The van der Waals surface area contributed by atoms with Crippen molar-refractivity contribution >= 4 is 49.9 Å². The van der Waals surface area contributed by atoms with Gasteiger partial charge in [-0.15, -0.1) is 11.3 Å². The summed E-state index contributed by atoms with van der Waals surface area (Å²) < 4.78 is 12.1. The van der Waals surface area contributed by atoms with Crippen molar-refractivity contribution in [2.24, 2.45) is 0 Å². The number of hydrogen-bond donors (Lipinski definition) is 1. The lowest BCUT2D eigenvalue weighted by molar-refractivity contribution is 0.0992. The standard InChI is InChI=1S/C22H16BrClN2O3S/c23-18-8-6-14(11-19(18)24)10-17-12-25-22(30-17)26-21(27)20-9-7-16(29-20)13-28-15-4-2-1-3-5-15/h1-9,11-12H,10,13H2,(H,25,26,27). The minimum absolute atomic E-state index is 0.207. The molecule has 0 radical (unpaired) electrons. The number of thiazole rings is 1. The Morgan fingerprint density at radius 1 is 1.17 bits per heavy atom. The van der Waals surface area contributed by atoms with Gasteiger partial charge in [0.05, 0.1) is 5.02 Å². The van der Waals surface area contributed by atoms with E-state index < -0.39 is 0 Å². The third-order valence-electron chi connectivity index (χ3n) is 4.15. The van der Waals surface area contributed by atoms with Crippen LogP contribution in [0.15, 0.2) is 75.8 Å². The van der Waals surface area contributed by atoms with E-state index in [0.717, 1.165) is 20.7 Å². The molecule has 0 atom stereocenters. The van der Waals surface area contributed by atoms with Gasteiger partial charge in [0.1, 0.15) is 18.1 Å². The third kappa shape index (κ3) is 5.30. The van der Waals surface area contributed by atoms with Crippen LogP contribution in [-0.4, -0.2) is 10.9 Å². The molecule has 0 saturated heterocycles. The second-order valence-corrected chi connectivity index (χ2v) is 8.76. The van der Waals surface area contributed by atoms with E-state index in [2.05, 4.69) is 26.2 Å². The highest BCUT2D eigenvalue weighted by Gasteiger charge is 2.14. The molecule has 152 valence electrons. The van der Waals surface area contributed by atoms with E-state index in [9.17, 15) is 4.79 Å². The Kier molecular flexibility index (Phi) is 6.52. The number of rotatable bonds is 7. The van der Waals surface area contributed by atoms with E-state index in [1.807, 2.05) is 48.5 Å². The number of amides is 1. The van der Waals surface area contributed by atoms with Gasteiger partial charge in [0.25, 0.3) is 5.91 Å². The Morgan fingerprint density at radius 2 is 2.00 bits per heavy atom. The lowest BCUT2D eigenvalue weighted by Crippen LogP contribution is -2.10. The fourth-order valence-electron chi connectivity index (χ4n) is 2.71. The highest BCUT2D eigenvalue weighted by Crippen LogP contribution is 2.27. The van der Waals surface area contributed by atoms with Crippen LogP contribution in [0.3, 0.4) is 0 Å². The molecule has 0 aliphatic rings. The first-order valence-corrected chi connectivity index (χ1v) is 11.0. The molecule has 0 fully saturated rings. The van der Waals surface area contributed by atoms with Crippen molar-refractivity contribution in [2.75, 3.05) is 5.32 Å². The zero-order valence-electron chi connectivity index (χ0n) is 15.6. The zero-order valence-corrected chi connectivity index (χ0v) is 18.8. The number of hydrogen-bond acceptors (Lipinski definition) is 5. The summed E-state index contributed by atoms with van der Waals surface area (Å²) in [6.07, 6.45) is 2.43. The number of carbonyl (C=O) groups is 1. The molecule has 0 unspecified atom stereocenters. The summed E-state index contributed by atoms with van der Waals surface area (Å²) in [6.45, 7) is 0.244. The summed E-state index contributed by atoms with van der Waals surface area (Å²) in [5.41, 5.74) is 1.07. The van der Waals surface area contributed by atoms with Crippen LogP contribution in [0.4, 0.5) is 5.13 Å². The van der Waals surface area contributed by atoms with E-state index in [1.54, 1.807) is 18.3 Å². The summed E-state index contributed by atoms with van der Waals surface area (Å²) in [5.74, 6) is 1.16. The van der Waals surface area contributed by atoms with Crippen LogP contribution in [0.2, 0.25) is 5.02 Å². The molecule has 1 N–H and O–H groups in total. The minimum Gasteiger partial charge on any atom is -0.486 e. The fourth-order valence-corrected chi connectivity index (χ4v) is 4.00. The van der Waals surface area contributed by atoms with Gasteiger partial charge in [0.2, 0.25) is 0 Å². The topological polar surface area (TPSA) is 64.4 Å². The van der Waals surface area contributed by atoms with Crippen LogP contribution in [0.1, 0.15) is 26.8 Å². The second kappa shape index (κ2) is 9.47. The van der Waals surface area contributed by atoms with Crippen LogP contribution in [-0.2, 0) is 13.0 Å². The molecule has 4 rings (SSSR count). The second-order valence-electron chi connectivity index (χ2n) is 6.38. The Balaban J connectivity index is 1.34. The average Bonchev–Trinajstić information content (AvgIpc) is 3.40. The Bertz CT molecular complexity index is 1160. The number of halogens is 2. The fraction of sp³-hybridized carbons (Fsp3) is 0.0909. The van der Waals surface area contributed by atoms with Gasteiger partial charge in [-0.3, -0.25) is 10.1 Å². The molecule has 0 aliphatic carbocycles. The monoisotopic (exact) mass is 502 g/mol. The van der Waals surface area contributed by atoms with E-state index in [0.29, 0.717) is 22.3 Å². The summed E-state index contributed by atoms with van der Waals surface area (Å²) in [6, 6.07) is 18.6. The van der Waals surface area contributed by atoms with E-state index in [-0.39, 0.29) is 18.3 Å².